The summed E-state index contributed by atoms with van der Waals surface area (Å²) in [4.78, 5) is 0. The monoisotopic (exact) mass is 281 g/mol. The minimum Gasteiger partial charge on any atom is -0.494 e. The molecular formula is C16H24FNO2. The van der Waals surface area contributed by atoms with Crippen LogP contribution in [-0.2, 0) is 4.74 Å². The van der Waals surface area contributed by atoms with Crippen LogP contribution in [0.3, 0.4) is 0 Å². The van der Waals surface area contributed by atoms with E-state index in [2.05, 4.69) is 5.32 Å². The average Bonchev–Trinajstić information content (AvgIpc) is 2.97. The zero-order valence-corrected chi connectivity index (χ0v) is 12.3. The summed E-state index contributed by atoms with van der Waals surface area (Å²) < 4.78 is 25.1. The lowest BCUT2D eigenvalue weighted by molar-refractivity contribution is 0.0995. The third-order valence-electron chi connectivity index (χ3n) is 3.84. The Kier molecular flexibility index (Phi) is 5.80. The van der Waals surface area contributed by atoms with Crippen molar-refractivity contribution in [3.05, 3.63) is 29.6 Å². The molecular weight excluding hydrogens is 257 g/mol. The molecule has 0 amide bonds. The number of nitrogens with one attached hydrogen (secondary N) is 1. The Morgan fingerprint density at radius 2 is 2.35 bits per heavy atom. The van der Waals surface area contributed by atoms with Gasteiger partial charge in [0.2, 0.25) is 0 Å². The second-order valence-corrected chi connectivity index (χ2v) is 5.19. The third-order valence-corrected chi connectivity index (χ3v) is 3.84. The molecule has 2 rings (SSSR count). The zero-order chi connectivity index (χ0) is 14.4. The highest BCUT2D eigenvalue weighted by Gasteiger charge is 2.21. The molecule has 0 aliphatic carbocycles. The van der Waals surface area contributed by atoms with E-state index in [-0.39, 0.29) is 11.9 Å². The number of rotatable bonds is 7. The molecule has 1 aliphatic rings. The Balaban J connectivity index is 2.06. The van der Waals surface area contributed by atoms with Crippen molar-refractivity contribution in [3.8, 4) is 5.75 Å². The van der Waals surface area contributed by atoms with Crippen LogP contribution in [0.5, 0.6) is 5.75 Å². The molecule has 0 radical (unpaired) electrons. The van der Waals surface area contributed by atoms with Gasteiger partial charge in [-0.25, -0.2) is 4.39 Å². The first-order valence-electron chi connectivity index (χ1n) is 7.43. The smallest absolute Gasteiger partial charge is 0.169 e. The Morgan fingerprint density at radius 3 is 3.00 bits per heavy atom. The Morgan fingerprint density at radius 1 is 1.50 bits per heavy atom. The Bertz CT molecular complexity index is 419. The highest BCUT2D eigenvalue weighted by molar-refractivity contribution is 5.33. The van der Waals surface area contributed by atoms with Crippen molar-refractivity contribution >= 4 is 0 Å². The molecule has 112 valence electrons. The number of halogens is 1. The van der Waals surface area contributed by atoms with Crippen LogP contribution in [0, 0.1) is 5.82 Å². The fourth-order valence-corrected chi connectivity index (χ4v) is 2.79. The van der Waals surface area contributed by atoms with Gasteiger partial charge >= 0.3 is 0 Å². The number of methoxy groups -OCH3 is 1. The minimum absolute atomic E-state index is 0.0132. The summed E-state index contributed by atoms with van der Waals surface area (Å²) in [6, 6.07) is 5.34. The van der Waals surface area contributed by atoms with Crippen molar-refractivity contribution in [2.24, 2.45) is 0 Å². The van der Waals surface area contributed by atoms with Gasteiger partial charge < -0.3 is 14.8 Å². The van der Waals surface area contributed by atoms with Gasteiger partial charge in [-0.3, -0.25) is 0 Å². The largest absolute Gasteiger partial charge is 0.494 e. The van der Waals surface area contributed by atoms with Crippen molar-refractivity contribution < 1.29 is 13.9 Å². The molecule has 20 heavy (non-hydrogen) atoms. The summed E-state index contributed by atoms with van der Waals surface area (Å²) in [7, 11) is 1.50. The number of hydrogen-bond acceptors (Lipinski definition) is 3. The lowest BCUT2D eigenvalue weighted by Crippen LogP contribution is -2.23. The summed E-state index contributed by atoms with van der Waals surface area (Å²) in [5.74, 6) is 0.0517. The highest BCUT2D eigenvalue weighted by atomic mass is 19.1. The maximum absolute atomic E-state index is 14.4. The number of hydrogen-bond donors (Lipinski definition) is 1. The van der Waals surface area contributed by atoms with E-state index < -0.39 is 0 Å². The van der Waals surface area contributed by atoms with Crippen LogP contribution in [0.1, 0.15) is 44.2 Å². The summed E-state index contributed by atoms with van der Waals surface area (Å²) in [6.45, 7) is 3.72. The lowest BCUT2D eigenvalue weighted by atomic mass is 9.98. The van der Waals surface area contributed by atoms with Gasteiger partial charge in [0, 0.05) is 18.2 Å². The molecule has 0 spiro atoms. The van der Waals surface area contributed by atoms with E-state index in [1.54, 1.807) is 6.07 Å². The molecule has 0 saturated carbocycles. The Hall–Kier alpha value is -1.13. The first kappa shape index (κ1) is 15.3. The molecule has 3 nitrogen and oxygen atoms in total. The molecule has 1 saturated heterocycles. The molecule has 0 aromatic heterocycles. The zero-order valence-electron chi connectivity index (χ0n) is 12.3. The quantitative estimate of drug-likeness (QED) is 0.830. The summed E-state index contributed by atoms with van der Waals surface area (Å²) in [5, 5.41) is 3.36. The van der Waals surface area contributed by atoms with E-state index in [4.69, 9.17) is 9.47 Å². The minimum atomic E-state index is -0.256. The first-order chi connectivity index (χ1) is 9.76. The first-order valence-corrected chi connectivity index (χ1v) is 7.43. The van der Waals surface area contributed by atoms with E-state index in [0.29, 0.717) is 17.4 Å². The SMILES string of the molecule is CCNC(CCC1CCCO1)c1cccc(OC)c1F. The van der Waals surface area contributed by atoms with Crippen molar-refractivity contribution in [2.75, 3.05) is 20.3 Å². The topological polar surface area (TPSA) is 30.5 Å². The van der Waals surface area contributed by atoms with Gasteiger partial charge in [-0.15, -0.1) is 0 Å². The van der Waals surface area contributed by atoms with E-state index in [1.807, 2.05) is 19.1 Å². The van der Waals surface area contributed by atoms with Gasteiger partial charge in [0.1, 0.15) is 0 Å². The molecule has 0 bridgehead atoms. The summed E-state index contributed by atoms with van der Waals surface area (Å²) in [5.41, 5.74) is 0.684. The highest BCUT2D eigenvalue weighted by Crippen LogP contribution is 2.29. The van der Waals surface area contributed by atoms with Gasteiger partial charge in [-0.2, -0.15) is 0 Å². The predicted molar refractivity (Wildman–Crippen MR) is 77.6 cm³/mol. The molecule has 2 unspecified atom stereocenters. The number of benzene rings is 1. The van der Waals surface area contributed by atoms with Gasteiger partial charge in [-0.1, -0.05) is 19.1 Å². The van der Waals surface area contributed by atoms with Gasteiger partial charge in [-0.05, 0) is 38.3 Å². The van der Waals surface area contributed by atoms with Gasteiger partial charge in [0.15, 0.2) is 11.6 Å². The van der Waals surface area contributed by atoms with E-state index in [0.717, 1.165) is 38.8 Å². The van der Waals surface area contributed by atoms with Crippen LogP contribution in [0.4, 0.5) is 4.39 Å². The van der Waals surface area contributed by atoms with Crippen LogP contribution >= 0.6 is 0 Å². The normalized spacial score (nSPS) is 20.1. The predicted octanol–water partition coefficient (Wildman–Crippen LogP) is 3.44. The fraction of sp³-hybridized carbons (Fsp3) is 0.625. The van der Waals surface area contributed by atoms with Crippen molar-refractivity contribution in [1.82, 2.24) is 5.32 Å². The van der Waals surface area contributed by atoms with Crippen LogP contribution in [-0.4, -0.2) is 26.4 Å². The van der Waals surface area contributed by atoms with E-state index in [1.165, 1.54) is 7.11 Å². The van der Waals surface area contributed by atoms with Crippen LogP contribution in [0.25, 0.3) is 0 Å². The summed E-state index contributed by atoms with van der Waals surface area (Å²) >= 11 is 0. The average molecular weight is 281 g/mol. The standard InChI is InChI=1S/C16H24FNO2/c1-3-18-14(10-9-12-6-5-11-20-12)13-7-4-8-15(19-2)16(13)17/h4,7-8,12,14,18H,3,5-6,9-11H2,1-2H3. The van der Waals surface area contributed by atoms with Gasteiger partial charge in [0.05, 0.1) is 13.2 Å². The number of ether oxygens (including phenoxy) is 2. The van der Waals surface area contributed by atoms with Crippen molar-refractivity contribution in [2.45, 2.75) is 44.8 Å². The van der Waals surface area contributed by atoms with Crippen LogP contribution < -0.4 is 10.1 Å². The molecule has 1 fully saturated rings. The third kappa shape index (κ3) is 3.70. The molecule has 1 aliphatic heterocycles. The van der Waals surface area contributed by atoms with E-state index in [9.17, 15) is 4.39 Å². The fourth-order valence-electron chi connectivity index (χ4n) is 2.79. The molecule has 4 heteroatoms. The van der Waals surface area contributed by atoms with Crippen molar-refractivity contribution in [1.29, 1.82) is 0 Å². The lowest BCUT2D eigenvalue weighted by Gasteiger charge is -2.21. The molecule has 1 heterocycles. The molecule has 1 N–H and O–H groups in total. The molecule has 2 atom stereocenters. The summed E-state index contributed by atoms with van der Waals surface area (Å²) in [6.07, 6.45) is 4.45. The molecule has 1 aromatic carbocycles. The van der Waals surface area contributed by atoms with E-state index >= 15 is 0 Å². The second kappa shape index (κ2) is 7.60. The van der Waals surface area contributed by atoms with Crippen LogP contribution in [0.15, 0.2) is 18.2 Å². The Labute approximate surface area is 120 Å². The maximum Gasteiger partial charge on any atom is 0.169 e. The van der Waals surface area contributed by atoms with Crippen LogP contribution in [0.2, 0.25) is 0 Å². The van der Waals surface area contributed by atoms with Gasteiger partial charge in [0.25, 0.3) is 0 Å². The maximum atomic E-state index is 14.4. The molecule has 1 aromatic rings. The van der Waals surface area contributed by atoms with Crippen molar-refractivity contribution in [3.63, 3.8) is 0 Å². The second-order valence-electron chi connectivity index (χ2n) is 5.19.